The molecule has 3 nitrogen and oxygen atoms in total. The summed E-state index contributed by atoms with van der Waals surface area (Å²) in [5.74, 6) is 0.0875. The molecule has 0 saturated heterocycles. The highest BCUT2D eigenvalue weighted by molar-refractivity contribution is 5.19. The zero-order valence-corrected chi connectivity index (χ0v) is 6.89. The minimum Gasteiger partial charge on any atom is -0.326 e. The van der Waals surface area contributed by atoms with Crippen LogP contribution in [0, 0.1) is 6.92 Å². The third-order valence-electron chi connectivity index (χ3n) is 1.47. The first-order valence-corrected chi connectivity index (χ1v) is 3.55. The van der Waals surface area contributed by atoms with E-state index in [0.717, 1.165) is 6.20 Å². The maximum absolute atomic E-state index is 12.3. The van der Waals surface area contributed by atoms with Crippen molar-refractivity contribution in [2.75, 3.05) is 0 Å². The summed E-state index contributed by atoms with van der Waals surface area (Å²) in [6.45, 7) is 1.19. The van der Waals surface area contributed by atoms with E-state index in [9.17, 15) is 13.2 Å². The Morgan fingerprint density at radius 2 is 2.08 bits per heavy atom. The third kappa shape index (κ3) is 2.15. The number of nitrogens with zero attached hydrogens (tertiary/aromatic N) is 2. The summed E-state index contributed by atoms with van der Waals surface area (Å²) in [6, 6.07) is 0. The van der Waals surface area contributed by atoms with Gasteiger partial charge in [-0.1, -0.05) is 0 Å². The minimum absolute atomic E-state index is 0.0851. The first-order valence-electron chi connectivity index (χ1n) is 3.55. The molecule has 0 amide bonds. The molecule has 1 aromatic heterocycles. The molecule has 1 rings (SSSR count). The molecule has 0 spiro atoms. The summed E-state index contributed by atoms with van der Waals surface area (Å²) in [5.41, 5.74) is 4.09. The number of hydrogen-bond donors (Lipinski definition) is 1. The molecular weight excluding hydrogens is 183 g/mol. The lowest BCUT2D eigenvalue weighted by atomic mass is 10.2. The molecule has 13 heavy (non-hydrogen) atoms. The number of aryl methyl sites for hydroxylation is 1. The van der Waals surface area contributed by atoms with Gasteiger partial charge in [-0.3, -0.25) is 0 Å². The molecule has 72 valence electrons. The van der Waals surface area contributed by atoms with Gasteiger partial charge in [0.2, 0.25) is 0 Å². The van der Waals surface area contributed by atoms with Gasteiger partial charge in [-0.2, -0.15) is 13.2 Å². The molecule has 0 aliphatic heterocycles. The molecule has 0 bridgehead atoms. The van der Waals surface area contributed by atoms with Crippen LogP contribution in [0.25, 0.3) is 0 Å². The summed E-state index contributed by atoms with van der Waals surface area (Å²) in [6.07, 6.45) is -3.35. The van der Waals surface area contributed by atoms with Crippen LogP contribution in [0.2, 0.25) is 0 Å². The molecule has 1 heterocycles. The summed E-state index contributed by atoms with van der Waals surface area (Å²) in [4.78, 5) is 6.93. The second-order valence-corrected chi connectivity index (χ2v) is 2.49. The molecule has 0 unspecified atom stereocenters. The van der Waals surface area contributed by atoms with E-state index in [1.165, 1.54) is 6.92 Å². The molecule has 0 radical (unpaired) electrons. The fourth-order valence-electron chi connectivity index (χ4n) is 0.890. The predicted octanol–water partition coefficient (Wildman–Crippen LogP) is 1.26. The van der Waals surface area contributed by atoms with E-state index >= 15 is 0 Å². The third-order valence-corrected chi connectivity index (χ3v) is 1.47. The minimum atomic E-state index is -4.46. The van der Waals surface area contributed by atoms with Crippen LogP contribution >= 0.6 is 0 Å². The van der Waals surface area contributed by atoms with Crippen molar-refractivity contribution in [3.63, 3.8) is 0 Å². The average molecular weight is 191 g/mol. The lowest BCUT2D eigenvalue weighted by Gasteiger charge is -2.09. The first-order chi connectivity index (χ1) is 5.95. The molecule has 0 fully saturated rings. The van der Waals surface area contributed by atoms with Crippen molar-refractivity contribution in [3.8, 4) is 0 Å². The Bertz CT molecular complexity index is 308. The fourth-order valence-corrected chi connectivity index (χ4v) is 0.890. The van der Waals surface area contributed by atoms with Crippen LogP contribution in [0.5, 0.6) is 0 Å². The second-order valence-electron chi connectivity index (χ2n) is 2.49. The standard InChI is InChI=1S/C7H8F3N3/c1-4-12-3-5(2-11)6(13-4)7(8,9)10/h3H,2,11H2,1H3. The molecule has 1 aromatic rings. The quantitative estimate of drug-likeness (QED) is 0.727. The molecule has 0 aliphatic rings. The predicted molar refractivity (Wildman–Crippen MR) is 39.7 cm³/mol. The van der Waals surface area contributed by atoms with Crippen molar-refractivity contribution in [3.05, 3.63) is 23.3 Å². The Morgan fingerprint density at radius 3 is 2.54 bits per heavy atom. The van der Waals surface area contributed by atoms with Crippen molar-refractivity contribution in [2.24, 2.45) is 5.73 Å². The average Bonchev–Trinajstić information content (AvgIpc) is 2.03. The number of rotatable bonds is 1. The van der Waals surface area contributed by atoms with E-state index in [0.29, 0.717) is 0 Å². The Balaban J connectivity index is 3.24. The van der Waals surface area contributed by atoms with Gasteiger partial charge in [0.15, 0.2) is 5.69 Å². The van der Waals surface area contributed by atoms with Gasteiger partial charge in [-0.25, -0.2) is 9.97 Å². The van der Waals surface area contributed by atoms with E-state index in [1.54, 1.807) is 0 Å². The molecule has 0 saturated carbocycles. The van der Waals surface area contributed by atoms with Crippen LogP contribution in [0.4, 0.5) is 13.2 Å². The van der Waals surface area contributed by atoms with Crippen LogP contribution in [0.15, 0.2) is 6.20 Å². The zero-order chi connectivity index (χ0) is 10.1. The highest BCUT2D eigenvalue weighted by atomic mass is 19.4. The van der Waals surface area contributed by atoms with Crippen LogP contribution < -0.4 is 5.73 Å². The molecule has 6 heteroatoms. The van der Waals surface area contributed by atoms with E-state index in [4.69, 9.17) is 5.73 Å². The zero-order valence-electron chi connectivity index (χ0n) is 6.89. The summed E-state index contributed by atoms with van der Waals surface area (Å²) >= 11 is 0. The highest BCUT2D eigenvalue weighted by Gasteiger charge is 2.35. The van der Waals surface area contributed by atoms with E-state index in [1.807, 2.05) is 0 Å². The monoisotopic (exact) mass is 191 g/mol. The summed E-state index contributed by atoms with van der Waals surface area (Å²) < 4.78 is 36.8. The lowest BCUT2D eigenvalue weighted by Crippen LogP contribution is -2.15. The normalized spacial score (nSPS) is 11.8. The number of nitrogens with two attached hydrogens (primary N) is 1. The SMILES string of the molecule is Cc1ncc(CN)c(C(F)(F)F)n1. The van der Waals surface area contributed by atoms with Gasteiger partial charge < -0.3 is 5.73 Å². The molecule has 0 aromatic carbocycles. The van der Waals surface area contributed by atoms with Crippen LogP contribution in [0.1, 0.15) is 17.1 Å². The Kier molecular flexibility index (Phi) is 2.51. The van der Waals surface area contributed by atoms with Gasteiger partial charge in [-0.15, -0.1) is 0 Å². The van der Waals surface area contributed by atoms with Crippen LogP contribution in [-0.4, -0.2) is 9.97 Å². The van der Waals surface area contributed by atoms with E-state index in [-0.39, 0.29) is 17.9 Å². The molecule has 0 atom stereocenters. The van der Waals surface area contributed by atoms with Gasteiger partial charge in [0.1, 0.15) is 5.82 Å². The molecule has 2 N–H and O–H groups in total. The topological polar surface area (TPSA) is 51.8 Å². The summed E-state index contributed by atoms with van der Waals surface area (Å²) in [7, 11) is 0. The maximum Gasteiger partial charge on any atom is 0.433 e. The number of alkyl halides is 3. The van der Waals surface area contributed by atoms with E-state index < -0.39 is 11.9 Å². The van der Waals surface area contributed by atoms with Crippen molar-refractivity contribution < 1.29 is 13.2 Å². The smallest absolute Gasteiger partial charge is 0.326 e. The Morgan fingerprint density at radius 1 is 1.46 bits per heavy atom. The van der Waals surface area contributed by atoms with Gasteiger partial charge in [0, 0.05) is 18.3 Å². The largest absolute Gasteiger partial charge is 0.433 e. The number of halogens is 3. The Labute approximate surface area is 72.8 Å². The van der Waals surface area contributed by atoms with E-state index in [2.05, 4.69) is 9.97 Å². The number of aromatic nitrogens is 2. The highest BCUT2D eigenvalue weighted by Crippen LogP contribution is 2.29. The van der Waals surface area contributed by atoms with Crippen molar-refractivity contribution in [1.29, 1.82) is 0 Å². The van der Waals surface area contributed by atoms with Gasteiger partial charge >= 0.3 is 6.18 Å². The van der Waals surface area contributed by atoms with Crippen LogP contribution in [0.3, 0.4) is 0 Å². The molecule has 0 aliphatic carbocycles. The second kappa shape index (κ2) is 3.29. The fraction of sp³-hybridized carbons (Fsp3) is 0.429. The van der Waals surface area contributed by atoms with Gasteiger partial charge in [0.05, 0.1) is 0 Å². The Hall–Kier alpha value is -1.17. The number of hydrogen-bond acceptors (Lipinski definition) is 3. The summed E-state index contributed by atoms with van der Waals surface area (Å²) in [5, 5.41) is 0. The van der Waals surface area contributed by atoms with Crippen molar-refractivity contribution in [2.45, 2.75) is 19.6 Å². The first kappa shape index (κ1) is 9.91. The van der Waals surface area contributed by atoms with Crippen LogP contribution in [-0.2, 0) is 12.7 Å². The van der Waals surface area contributed by atoms with Crippen molar-refractivity contribution >= 4 is 0 Å². The lowest BCUT2D eigenvalue weighted by molar-refractivity contribution is -0.142. The van der Waals surface area contributed by atoms with Gasteiger partial charge in [-0.05, 0) is 6.92 Å². The maximum atomic E-state index is 12.3. The van der Waals surface area contributed by atoms with Crippen molar-refractivity contribution in [1.82, 2.24) is 9.97 Å². The van der Waals surface area contributed by atoms with Gasteiger partial charge in [0.25, 0.3) is 0 Å². The molecular formula is C7H8F3N3.